The molecule has 7 nitrogen and oxygen atoms in total. The van der Waals surface area contributed by atoms with Gasteiger partial charge in [-0.05, 0) is 48.0 Å². The second kappa shape index (κ2) is 8.80. The first kappa shape index (κ1) is 21.5. The van der Waals surface area contributed by atoms with Crippen LogP contribution in [0, 0.1) is 0 Å². The number of ketones is 1. The molecule has 1 amide bonds. The summed E-state index contributed by atoms with van der Waals surface area (Å²) in [6, 6.07) is 14.2. The highest BCUT2D eigenvalue weighted by Gasteiger charge is 2.46. The van der Waals surface area contributed by atoms with Crippen molar-refractivity contribution in [2.24, 2.45) is 0 Å². The molecule has 0 aliphatic carbocycles. The van der Waals surface area contributed by atoms with E-state index in [2.05, 4.69) is 0 Å². The van der Waals surface area contributed by atoms with Gasteiger partial charge in [0.1, 0.15) is 23.0 Å². The van der Waals surface area contributed by atoms with Gasteiger partial charge >= 0.3 is 0 Å². The Morgan fingerprint density at radius 1 is 1.06 bits per heavy atom. The summed E-state index contributed by atoms with van der Waals surface area (Å²) in [6.07, 6.45) is 1.49. The predicted molar refractivity (Wildman–Crippen MR) is 118 cm³/mol. The quantitative estimate of drug-likeness (QED) is 0.334. The molecule has 0 bridgehead atoms. The normalized spacial score (nSPS) is 17.6. The lowest BCUT2D eigenvalue weighted by Gasteiger charge is -2.25. The Balaban J connectivity index is 1.91. The van der Waals surface area contributed by atoms with E-state index in [9.17, 15) is 14.7 Å². The molecule has 1 fully saturated rings. The molecule has 0 radical (unpaired) electrons. The molecule has 1 atom stereocenters. The van der Waals surface area contributed by atoms with E-state index in [1.807, 2.05) is 0 Å². The summed E-state index contributed by atoms with van der Waals surface area (Å²) in [4.78, 5) is 27.5. The van der Waals surface area contributed by atoms with Gasteiger partial charge in [0.05, 0.1) is 43.7 Å². The maximum atomic E-state index is 13.1. The van der Waals surface area contributed by atoms with Crippen LogP contribution >= 0.6 is 11.6 Å². The number of Topliss-reactive ketones (excluding diaryl/α,β-unsaturated/α-hetero) is 1. The van der Waals surface area contributed by atoms with Crippen LogP contribution in [0.2, 0.25) is 5.02 Å². The third-order valence-corrected chi connectivity index (χ3v) is 5.61. The Hall–Kier alpha value is -3.71. The Kier molecular flexibility index (Phi) is 5.92. The fourth-order valence-corrected chi connectivity index (χ4v) is 3.94. The van der Waals surface area contributed by atoms with E-state index in [0.29, 0.717) is 22.8 Å². The number of amides is 1. The first-order valence-electron chi connectivity index (χ1n) is 9.73. The number of methoxy groups -OCH3 is 2. The summed E-state index contributed by atoms with van der Waals surface area (Å²) in [6.45, 7) is 0.0437. The fraction of sp³-hybridized carbons (Fsp3) is 0.167. The second-order valence-corrected chi connectivity index (χ2v) is 7.54. The highest BCUT2D eigenvalue weighted by molar-refractivity contribution is 6.47. The molecular formula is C24H20ClNO6. The third-order valence-electron chi connectivity index (χ3n) is 5.28. The van der Waals surface area contributed by atoms with Crippen LogP contribution in [-0.2, 0) is 16.1 Å². The predicted octanol–water partition coefficient (Wildman–Crippen LogP) is 4.57. The zero-order valence-electron chi connectivity index (χ0n) is 17.4. The zero-order chi connectivity index (χ0) is 22.8. The molecule has 1 N–H and O–H groups in total. The summed E-state index contributed by atoms with van der Waals surface area (Å²) >= 11 is 6.31. The van der Waals surface area contributed by atoms with Gasteiger partial charge in [-0.15, -0.1) is 0 Å². The number of aliphatic hydroxyl groups excluding tert-OH is 1. The van der Waals surface area contributed by atoms with Crippen LogP contribution < -0.4 is 9.47 Å². The topological polar surface area (TPSA) is 89.2 Å². The van der Waals surface area contributed by atoms with Gasteiger partial charge in [0.25, 0.3) is 11.7 Å². The van der Waals surface area contributed by atoms with Crippen molar-refractivity contribution in [1.82, 2.24) is 4.90 Å². The molecule has 3 aromatic rings. The lowest BCUT2D eigenvalue weighted by atomic mass is 9.95. The van der Waals surface area contributed by atoms with Crippen molar-refractivity contribution in [2.75, 3.05) is 14.2 Å². The summed E-state index contributed by atoms with van der Waals surface area (Å²) < 4.78 is 15.9. The molecule has 1 aromatic heterocycles. The number of aliphatic hydroxyl groups is 1. The third kappa shape index (κ3) is 3.83. The smallest absolute Gasteiger partial charge is 0.296 e. The number of rotatable bonds is 6. The first-order valence-corrected chi connectivity index (χ1v) is 10.1. The maximum Gasteiger partial charge on any atom is 0.296 e. The maximum absolute atomic E-state index is 13.1. The van der Waals surface area contributed by atoms with Crippen molar-refractivity contribution >= 4 is 29.1 Å². The fourth-order valence-electron chi connectivity index (χ4n) is 3.73. The van der Waals surface area contributed by atoms with Crippen molar-refractivity contribution < 1.29 is 28.6 Å². The van der Waals surface area contributed by atoms with Gasteiger partial charge in [-0.1, -0.05) is 23.7 Å². The van der Waals surface area contributed by atoms with E-state index < -0.39 is 17.7 Å². The number of benzene rings is 2. The van der Waals surface area contributed by atoms with Gasteiger partial charge in [-0.2, -0.15) is 0 Å². The minimum absolute atomic E-state index is 0.0437. The van der Waals surface area contributed by atoms with Crippen LogP contribution in [0.5, 0.6) is 11.5 Å². The summed E-state index contributed by atoms with van der Waals surface area (Å²) in [7, 11) is 3.00. The SMILES string of the molecule is COc1cccc(C2/C(=C(\O)c3cc(OC)ccc3Cl)C(=O)C(=O)N2Cc2ccco2)c1. The zero-order valence-corrected chi connectivity index (χ0v) is 18.1. The molecule has 164 valence electrons. The minimum atomic E-state index is -0.877. The van der Waals surface area contributed by atoms with E-state index in [1.165, 1.54) is 31.4 Å². The number of ether oxygens (including phenoxy) is 2. The Morgan fingerprint density at radius 3 is 2.50 bits per heavy atom. The average Bonchev–Trinajstić information content (AvgIpc) is 3.41. The van der Waals surface area contributed by atoms with E-state index in [1.54, 1.807) is 48.5 Å². The first-order chi connectivity index (χ1) is 15.4. The molecule has 0 spiro atoms. The molecule has 1 aliphatic rings. The number of likely N-dealkylation sites (tertiary alicyclic amines) is 1. The Labute approximate surface area is 189 Å². The summed E-state index contributed by atoms with van der Waals surface area (Å²) in [5, 5.41) is 11.4. The molecule has 4 rings (SSSR count). The number of furan rings is 1. The highest BCUT2D eigenvalue weighted by Crippen LogP contribution is 2.42. The van der Waals surface area contributed by atoms with Gasteiger partial charge < -0.3 is 23.9 Å². The molecule has 2 heterocycles. The van der Waals surface area contributed by atoms with Gasteiger partial charge in [-0.25, -0.2) is 0 Å². The molecule has 0 saturated carbocycles. The van der Waals surface area contributed by atoms with Crippen LogP contribution in [0.15, 0.2) is 70.9 Å². The number of carbonyl (C=O) groups is 2. The van der Waals surface area contributed by atoms with Crippen molar-refractivity contribution in [1.29, 1.82) is 0 Å². The van der Waals surface area contributed by atoms with Crippen LogP contribution in [0.1, 0.15) is 22.9 Å². The molecule has 1 saturated heterocycles. The van der Waals surface area contributed by atoms with E-state index in [0.717, 1.165) is 0 Å². The van der Waals surface area contributed by atoms with Crippen molar-refractivity contribution in [3.8, 4) is 11.5 Å². The minimum Gasteiger partial charge on any atom is -0.507 e. The summed E-state index contributed by atoms with van der Waals surface area (Å²) in [5.41, 5.74) is 0.704. The van der Waals surface area contributed by atoms with E-state index in [-0.39, 0.29) is 28.5 Å². The Bertz CT molecular complexity index is 1200. The molecule has 32 heavy (non-hydrogen) atoms. The van der Waals surface area contributed by atoms with Crippen LogP contribution in [-0.4, -0.2) is 35.9 Å². The van der Waals surface area contributed by atoms with E-state index >= 15 is 0 Å². The number of carbonyl (C=O) groups excluding carboxylic acids is 2. The highest BCUT2D eigenvalue weighted by atomic mass is 35.5. The largest absolute Gasteiger partial charge is 0.507 e. The lowest BCUT2D eigenvalue weighted by molar-refractivity contribution is -0.140. The second-order valence-electron chi connectivity index (χ2n) is 7.13. The lowest BCUT2D eigenvalue weighted by Crippen LogP contribution is -2.29. The van der Waals surface area contributed by atoms with E-state index in [4.69, 9.17) is 25.5 Å². The molecular weight excluding hydrogens is 434 g/mol. The standard InChI is InChI=1S/C24H20ClNO6/c1-30-15-6-3-5-14(11-15)21-20(22(27)18-12-16(31-2)8-9-19(18)25)23(28)24(29)26(21)13-17-7-4-10-32-17/h3-12,21,27H,13H2,1-2H3/b22-20+. The molecule has 8 heteroatoms. The molecule has 1 unspecified atom stereocenters. The number of hydrogen-bond acceptors (Lipinski definition) is 6. The van der Waals surface area contributed by atoms with Crippen molar-refractivity contribution in [3.05, 3.63) is 88.3 Å². The van der Waals surface area contributed by atoms with Gasteiger partial charge in [0.15, 0.2) is 0 Å². The van der Waals surface area contributed by atoms with Crippen molar-refractivity contribution in [3.63, 3.8) is 0 Å². The number of nitrogens with zero attached hydrogens (tertiary/aromatic N) is 1. The van der Waals surface area contributed by atoms with Gasteiger partial charge in [-0.3, -0.25) is 9.59 Å². The van der Waals surface area contributed by atoms with Gasteiger partial charge in [0, 0.05) is 5.56 Å². The number of halogens is 1. The molecule has 2 aromatic carbocycles. The summed E-state index contributed by atoms with van der Waals surface area (Å²) in [5.74, 6) is -0.471. The molecule has 1 aliphatic heterocycles. The van der Waals surface area contributed by atoms with Crippen LogP contribution in [0.4, 0.5) is 0 Å². The van der Waals surface area contributed by atoms with Crippen molar-refractivity contribution in [2.45, 2.75) is 12.6 Å². The van der Waals surface area contributed by atoms with Gasteiger partial charge in [0.2, 0.25) is 0 Å². The van der Waals surface area contributed by atoms with Crippen LogP contribution in [0.3, 0.4) is 0 Å². The number of hydrogen-bond donors (Lipinski definition) is 1. The monoisotopic (exact) mass is 453 g/mol. The van der Waals surface area contributed by atoms with Crippen LogP contribution in [0.25, 0.3) is 5.76 Å². The Morgan fingerprint density at radius 2 is 1.81 bits per heavy atom. The average molecular weight is 454 g/mol.